The van der Waals surface area contributed by atoms with E-state index in [9.17, 15) is 8.42 Å². The number of anilines is 1. The highest BCUT2D eigenvalue weighted by atomic mass is 32.2. The molecular formula is C22H31N3O3S. The summed E-state index contributed by atoms with van der Waals surface area (Å²) >= 11 is 0. The molecule has 29 heavy (non-hydrogen) atoms. The van der Waals surface area contributed by atoms with E-state index >= 15 is 0 Å². The number of aryl methyl sites for hydroxylation is 1. The minimum Gasteiger partial charge on any atom is -0.494 e. The fraction of sp³-hybridized carbons (Fsp3) is 0.455. The second-order valence-electron chi connectivity index (χ2n) is 7.36. The minimum atomic E-state index is -3.49. The van der Waals surface area contributed by atoms with Crippen molar-refractivity contribution in [1.82, 2.24) is 9.62 Å². The Labute approximate surface area is 174 Å². The molecule has 6 nitrogen and oxygen atoms in total. The van der Waals surface area contributed by atoms with Crippen molar-refractivity contribution in [1.29, 1.82) is 0 Å². The number of nitrogens with zero attached hydrogens (tertiary/aromatic N) is 2. The summed E-state index contributed by atoms with van der Waals surface area (Å²) in [5.74, 6) is 0.673. The van der Waals surface area contributed by atoms with Gasteiger partial charge in [0.1, 0.15) is 5.75 Å². The van der Waals surface area contributed by atoms with Gasteiger partial charge in [-0.15, -0.1) is 0 Å². The average molecular weight is 418 g/mol. The predicted octanol–water partition coefficient (Wildman–Crippen LogP) is 2.75. The van der Waals surface area contributed by atoms with Crippen LogP contribution in [0.2, 0.25) is 0 Å². The fourth-order valence-electron chi connectivity index (χ4n) is 3.40. The number of hydrogen-bond donors (Lipinski definition) is 1. The van der Waals surface area contributed by atoms with Crippen LogP contribution in [0.3, 0.4) is 0 Å². The Morgan fingerprint density at radius 3 is 2.24 bits per heavy atom. The molecule has 1 N–H and O–H groups in total. The molecule has 0 saturated carbocycles. The SMILES string of the molecule is CCOc1ccc(S(=O)(=O)NCCCc2ccc(N3CCN(C)CC3)cc2)cc1. The van der Waals surface area contributed by atoms with Gasteiger partial charge in [-0.3, -0.25) is 0 Å². The normalized spacial score (nSPS) is 15.4. The van der Waals surface area contributed by atoms with Gasteiger partial charge < -0.3 is 14.5 Å². The van der Waals surface area contributed by atoms with E-state index in [4.69, 9.17) is 4.74 Å². The van der Waals surface area contributed by atoms with Crippen LogP contribution in [0.1, 0.15) is 18.9 Å². The molecule has 0 aliphatic carbocycles. The second-order valence-corrected chi connectivity index (χ2v) is 9.13. The van der Waals surface area contributed by atoms with Crippen LogP contribution in [0.15, 0.2) is 53.4 Å². The van der Waals surface area contributed by atoms with Crippen molar-refractivity contribution in [2.24, 2.45) is 0 Å². The van der Waals surface area contributed by atoms with Gasteiger partial charge in [0.2, 0.25) is 10.0 Å². The topological polar surface area (TPSA) is 61.9 Å². The Balaban J connectivity index is 1.44. The number of likely N-dealkylation sites (N-methyl/N-ethyl adjacent to an activating group) is 1. The van der Waals surface area contributed by atoms with E-state index < -0.39 is 10.0 Å². The smallest absolute Gasteiger partial charge is 0.240 e. The monoisotopic (exact) mass is 417 g/mol. The van der Waals surface area contributed by atoms with Crippen LogP contribution in [-0.2, 0) is 16.4 Å². The summed E-state index contributed by atoms with van der Waals surface area (Å²) < 4.78 is 32.8. The van der Waals surface area contributed by atoms with Gasteiger partial charge in [0.25, 0.3) is 0 Å². The number of piperazine rings is 1. The van der Waals surface area contributed by atoms with Gasteiger partial charge in [0.15, 0.2) is 0 Å². The molecule has 0 aromatic heterocycles. The lowest BCUT2D eigenvalue weighted by Gasteiger charge is -2.34. The predicted molar refractivity (Wildman–Crippen MR) is 117 cm³/mol. The first-order valence-corrected chi connectivity index (χ1v) is 11.7. The van der Waals surface area contributed by atoms with Crippen molar-refractivity contribution < 1.29 is 13.2 Å². The molecule has 1 heterocycles. The van der Waals surface area contributed by atoms with Crippen LogP contribution >= 0.6 is 0 Å². The number of sulfonamides is 1. The van der Waals surface area contributed by atoms with Crippen LogP contribution in [0, 0.1) is 0 Å². The highest BCUT2D eigenvalue weighted by Gasteiger charge is 2.15. The summed E-state index contributed by atoms with van der Waals surface area (Å²) in [5, 5.41) is 0. The Morgan fingerprint density at radius 2 is 1.62 bits per heavy atom. The molecule has 0 bridgehead atoms. The van der Waals surface area contributed by atoms with Crippen molar-refractivity contribution in [3.63, 3.8) is 0 Å². The molecule has 7 heteroatoms. The summed E-state index contributed by atoms with van der Waals surface area (Å²) in [5.41, 5.74) is 2.49. The number of rotatable bonds is 9. The zero-order valence-corrected chi connectivity index (χ0v) is 18.1. The first kappa shape index (κ1) is 21.6. The highest BCUT2D eigenvalue weighted by molar-refractivity contribution is 7.89. The van der Waals surface area contributed by atoms with Gasteiger partial charge in [-0.05, 0) is 68.8 Å². The van der Waals surface area contributed by atoms with Crippen molar-refractivity contribution in [3.05, 3.63) is 54.1 Å². The third kappa shape index (κ3) is 6.19. The lowest BCUT2D eigenvalue weighted by atomic mass is 10.1. The highest BCUT2D eigenvalue weighted by Crippen LogP contribution is 2.18. The van der Waals surface area contributed by atoms with Crippen molar-refractivity contribution in [2.45, 2.75) is 24.7 Å². The lowest BCUT2D eigenvalue weighted by molar-refractivity contribution is 0.313. The van der Waals surface area contributed by atoms with Gasteiger partial charge in [0.05, 0.1) is 11.5 Å². The van der Waals surface area contributed by atoms with E-state index in [1.165, 1.54) is 11.3 Å². The molecular weight excluding hydrogens is 386 g/mol. The molecule has 1 fully saturated rings. The number of ether oxygens (including phenoxy) is 1. The average Bonchev–Trinajstić information content (AvgIpc) is 2.73. The van der Waals surface area contributed by atoms with E-state index in [1.807, 2.05) is 6.92 Å². The summed E-state index contributed by atoms with van der Waals surface area (Å²) in [6.45, 7) is 7.17. The maximum atomic E-state index is 12.4. The Hall–Kier alpha value is -2.09. The molecule has 1 aliphatic heterocycles. The summed E-state index contributed by atoms with van der Waals surface area (Å²) in [4.78, 5) is 5.02. The third-order valence-corrected chi connectivity index (χ3v) is 6.66. The molecule has 0 atom stereocenters. The zero-order chi connectivity index (χ0) is 20.7. The van der Waals surface area contributed by atoms with Crippen LogP contribution in [0.5, 0.6) is 5.75 Å². The Morgan fingerprint density at radius 1 is 0.966 bits per heavy atom. The molecule has 0 spiro atoms. The van der Waals surface area contributed by atoms with Gasteiger partial charge in [-0.25, -0.2) is 13.1 Å². The molecule has 0 amide bonds. The van der Waals surface area contributed by atoms with Gasteiger partial charge in [-0.2, -0.15) is 0 Å². The number of nitrogens with one attached hydrogen (secondary N) is 1. The largest absolute Gasteiger partial charge is 0.494 e. The van der Waals surface area contributed by atoms with Crippen LogP contribution < -0.4 is 14.4 Å². The van der Waals surface area contributed by atoms with Crippen LogP contribution in [0.25, 0.3) is 0 Å². The molecule has 1 aliphatic rings. The van der Waals surface area contributed by atoms with Crippen molar-refractivity contribution in [2.75, 3.05) is 51.3 Å². The van der Waals surface area contributed by atoms with Crippen LogP contribution in [0.4, 0.5) is 5.69 Å². The molecule has 2 aromatic carbocycles. The fourth-order valence-corrected chi connectivity index (χ4v) is 4.48. The quantitative estimate of drug-likeness (QED) is 0.636. The van der Waals surface area contributed by atoms with Crippen molar-refractivity contribution >= 4 is 15.7 Å². The summed E-state index contributed by atoms with van der Waals surface area (Å²) in [6.07, 6.45) is 1.60. The van der Waals surface area contributed by atoms with E-state index in [-0.39, 0.29) is 4.90 Å². The molecule has 1 saturated heterocycles. The molecule has 2 aromatic rings. The number of benzene rings is 2. The lowest BCUT2D eigenvalue weighted by Crippen LogP contribution is -2.44. The van der Waals surface area contributed by atoms with Gasteiger partial charge in [-0.1, -0.05) is 12.1 Å². The molecule has 0 unspecified atom stereocenters. The maximum Gasteiger partial charge on any atom is 0.240 e. The van der Waals surface area contributed by atoms with E-state index in [1.54, 1.807) is 24.3 Å². The summed E-state index contributed by atoms with van der Waals surface area (Å²) in [7, 11) is -1.33. The zero-order valence-electron chi connectivity index (χ0n) is 17.3. The van der Waals surface area contributed by atoms with E-state index in [2.05, 4.69) is 45.8 Å². The summed E-state index contributed by atoms with van der Waals surface area (Å²) in [6, 6.07) is 15.1. The second kappa shape index (κ2) is 10.1. The maximum absolute atomic E-state index is 12.4. The Bertz CT molecular complexity index is 859. The van der Waals surface area contributed by atoms with Gasteiger partial charge in [0, 0.05) is 38.4 Å². The number of hydrogen-bond acceptors (Lipinski definition) is 5. The minimum absolute atomic E-state index is 0.262. The molecule has 158 valence electrons. The van der Waals surface area contributed by atoms with Crippen molar-refractivity contribution in [3.8, 4) is 5.75 Å². The Kier molecular flexibility index (Phi) is 7.52. The third-order valence-electron chi connectivity index (χ3n) is 5.18. The first-order chi connectivity index (χ1) is 14.0. The van der Waals surface area contributed by atoms with Crippen LogP contribution in [-0.4, -0.2) is 59.7 Å². The standard InChI is InChI=1S/C22H31N3O3S/c1-3-28-21-10-12-22(13-11-21)29(26,27)23-14-4-5-19-6-8-20(9-7-19)25-17-15-24(2)16-18-25/h6-13,23H,3-5,14-18H2,1-2H3. The van der Waals surface area contributed by atoms with E-state index in [0.29, 0.717) is 18.9 Å². The first-order valence-electron chi connectivity index (χ1n) is 10.2. The molecule has 0 radical (unpaired) electrons. The van der Waals surface area contributed by atoms with Gasteiger partial charge >= 0.3 is 0 Å². The van der Waals surface area contributed by atoms with E-state index in [0.717, 1.165) is 39.0 Å². The molecule has 3 rings (SSSR count).